The lowest BCUT2D eigenvalue weighted by Crippen LogP contribution is -2.26. The molecule has 2 heterocycles. The Morgan fingerprint density at radius 3 is 2.90 bits per heavy atom. The van der Waals surface area contributed by atoms with Crippen LogP contribution in [0.25, 0.3) is 0 Å². The van der Waals surface area contributed by atoms with Crippen LogP contribution in [0.4, 0.5) is 0 Å². The van der Waals surface area contributed by atoms with Gasteiger partial charge in [0, 0.05) is 21.8 Å². The van der Waals surface area contributed by atoms with Crippen LogP contribution in [0.15, 0.2) is 22.1 Å². The zero-order chi connectivity index (χ0) is 14.7. The Balaban J connectivity index is 2.02. The quantitative estimate of drug-likeness (QED) is 0.873. The van der Waals surface area contributed by atoms with Gasteiger partial charge in [-0.25, -0.2) is 4.68 Å². The summed E-state index contributed by atoms with van der Waals surface area (Å²) in [6.45, 7) is 0.142. The molecule has 0 aliphatic heterocycles. The van der Waals surface area contributed by atoms with Crippen molar-refractivity contribution in [1.29, 1.82) is 0 Å². The maximum absolute atomic E-state index is 12.1. The van der Waals surface area contributed by atoms with Crippen LogP contribution in [-0.2, 0) is 17.9 Å². The number of halogens is 1. The second-order valence-corrected chi connectivity index (χ2v) is 6.00. The first-order valence-corrected chi connectivity index (χ1v) is 7.23. The Morgan fingerprint density at radius 2 is 2.30 bits per heavy atom. The van der Waals surface area contributed by atoms with Gasteiger partial charge in [0.25, 0.3) is 5.91 Å². The number of hydrogen-bond donors (Lipinski definition) is 1. The standard InChI is InChI=1S/C11H11BrN4O3S/c1-15(3-8-2-7(12)6-20-8)11(19)9-4-16(14-13-9)5-10(17)18/h2,4,6H,3,5H2,1H3,(H,17,18). The SMILES string of the molecule is CN(Cc1cc(Br)cs1)C(=O)c1cn(CC(=O)O)nn1. The molecule has 0 bridgehead atoms. The highest BCUT2D eigenvalue weighted by atomic mass is 79.9. The van der Waals surface area contributed by atoms with Gasteiger partial charge >= 0.3 is 5.97 Å². The van der Waals surface area contributed by atoms with Crippen LogP contribution in [0.5, 0.6) is 0 Å². The summed E-state index contributed by atoms with van der Waals surface area (Å²) in [7, 11) is 1.66. The molecule has 0 fully saturated rings. The molecule has 0 aliphatic rings. The van der Waals surface area contributed by atoms with Gasteiger partial charge in [-0.15, -0.1) is 16.4 Å². The molecule has 0 saturated carbocycles. The Bertz CT molecular complexity index is 639. The van der Waals surface area contributed by atoms with Crippen molar-refractivity contribution < 1.29 is 14.7 Å². The zero-order valence-corrected chi connectivity index (χ0v) is 12.9. The van der Waals surface area contributed by atoms with Crippen molar-refractivity contribution >= 4 is 39.1 Å². The van der Waals surface area contributed by atoms with Crippen molar-refractivity contribution in [2.24, 2.45) is 0 Å². The molecule has 1 N–H and O–H groups in total. The maximum atomic E-state index is 12.1. The Labute approximate surface area is 126 Å². The van der Waals surface area contributed by atoms with Crippen molar-refractivity contribution in [2.45, 2.75) is 13.1 Å². The molecule has 106 valence electrons. The summed E-state index contributed by atoms with van der Waals surface area (Å²) in [5.41, 5.74) is 0.129. The normalized spacial score (nSPS) is 10.5. The molecule has 20 heavy (non-hydrogen) atoms. The molecule has 7 nitrogen and oxygen atoms in total. The molecule has 2 rings (SSSR count). The number of nitrogens with zero attached hydrogens (tertiary/aromatic N) is 4. The number of carbonyl (C=O) groups is 2. The van der Waals surface area contributed by atoms with Crippen LogP contribution in [0.3, 0.4) is 0 Å². The van der Waals surface area contributed by atoms with E-state index in [0.717, 1.165) is 14.0 Å². The Morgan fingerprint density at radius 1 is 1.55 bits per heavy atom. The summed E-state index contributed by atoms with van der Waals surface area (Å²) in [5.74, 6) is -1.34. The van der Waals surface area contributed by atoms with Crippen molar-refractivity contribution in [3.63, 3.8) is 0 Å². The Kier molecular flexibility index (Phi) is 4.50. The van der Waals surface area contributed by atoms with E-state index in [9.17, 15) is 9.59 Å². The van der Waals surface area contributed by atoms with Crippen LogP contribution in [0.1, 0.15) is 15.4 Å². The number of aromatic nitrogens is 3. The molecule has 0 atom stereocenters. The summed E-state index contributed by atoms with van der Waals surface area (Å²) < 4.78 is 2.09. The van der Waals surface area contributed by atoms with Gasteiger partial charge in [-0.1, -0.05) is 5.21 Å². The van der Waals surface area contributed by atoms with E-state index in [1.165, 1.54) is 11.1 Å². The second kappa shape index (κ2) is 6.14. The fourth-order valence-corrected chi connectivity index (χ4v) is 3.05. The van der Waals surface area contributed by atoms with E-state index in [2.05, 4.69) is 26.2 Å². The van der Waals surface area contributed by atoms with Gasteiger partial charge in [0.1, 0.15) is 6.54 Å². The predicted octanol–water partition coefficient (Wildman–Crippen LogP) is 1.46. The number of hydrogen-bond acceptors (Lipinski definition) is 5. The van der Waals surface area contributed by atoms with E-state index in [-0.39, 0.29) is 18.1 Å². The number of rotatable bonds is 5. The fraction of sp³-hybridized carbons (Fsp3) is 0.273. The minimum absolute atomic E-state index is 0.129. The van der Waals surface area contributed by atoms with Crippen LogP contribution in [0.2, 0.25) is 0 Å². The molecule has 0 saturated heterocycles. The highest BCUT2D eigenvalue weighted by Crippen LogP contribution is 2.21. The van der Waals surface area contributed by atoms with E-state index in [4.69, 9.17) is 5.11 Å². The first kappa shape index (κ1) is 14.7. The molecule has 0 spiro atoms. The highest BCUT2D eigenvalue weighted by Gasteiger charge is 2.17. The van der Waals surface area contributed by atoms with Crippen molar-refractivity contribution in [2.75, 3.05) is 7.05 Å². The van der Waals surface area contributed by atoms with Crippen molar-refractivity contribution in [3.05, 3.63) is 32.7 Å². The van der Waals surface area contributed by atoms with Gasteiger partial charge in [-0.3, -0.25) is 9.59 Å². The molecule has 0 aromatic carbocycles. The monoisotopic (exact) mass is 358 g/mol. The molecule has 0 aliphatic carbocycles. The molecule has 9 heteroatoms. The third kappa shape index (κ3) is 3.64. The van der Waals surface area contributed by atoms with Gasteiger partial charge < -0.3 is 10.0 Å². The summed E-state index contributed by atoms with van der Waals surface area (Å²) >= 11 is 4.90. The number of carbonyl (C=O) groups excluding carboxylic acids is 1. The number of aliphatic carboxylic acids is 1. The third-order valence-corrected chi connectivity index (χ3v) is 4.10. The van der Waals surface area contributed by atoms with Gasteiger partial charge in [-0.05, 0) is 22.0 Å². The largest absolute Gasteiger partial charge is 0.480 e. The van der Waals surface area contributed by atoms with Gasteiger partial charge in [0.2, 0.25) is 0 Å². The maximum Gasteiger partial charge on any atom is 0.325 e. The Hall–Kier alpha value is -1.74. The zero-order valence-electron chi connectivity index (χ0n) is 10.5. The fourth-order valence-electron chi connectivity index (χ4n) is 1.55. The first-order chi connectivity index (χ1) is 9.45. The molecular formula is C11H11BrN4O3S. The molecule has 0 unspecified atom stereocenters. The van der Waals surface area contributed by atoms with Gasteiger partial charge in [-0.2, -0.15) is 0 Å². The number of thiophene rings is 1. The van der Waals surface area contributed by atoms with Crippen molar-refractivity contribution in [1.82, 2.24) is 19.9 Å². The number of carboxylic acids is 1. The smallest absolute Gasteiger partial charge is 0.325 e. The molecule has 1 amide bonds. The minimum Gasteiger partial charge on any atom is -0.480 e. The summed E-state index contributed by atoms with van der Waals surface area (Å²) in [6, 6.07) is 1.94. The van der Waals surface area contributed by atoms with Gasteiger partial charge in [0.15, 0.2) is 5.69 Å². The van der Waals surface area contributed by atoms with Gasteiger partial charge in [0.05, 0.1) is 12.7 Å². The summed E-state index contributed by atoms with van der Waals surface area (Å²) in [4.78, 5) is 25.2. The lowest BCUT2D eigenvalue weighted by molar-refractivity contribution is -0.137. The van der Waals surface area contributed by atoms with E-state index in [1.54, 1.807) is 18.4 Å². The van der Waals surface area contributed by atoms with Crippen LogP contribution in [0, 0.1) is 0 Å². The van der Waals surface area contributed by atoms with E-state index in [1.807, 2.05) is 11.4 Å². The summed E-state index contributed by atoms with van der Waals surface area (Å²) in [5, 5.41) is 17.9. The van der Waals surface area contributed by atoms with Crippen molar-refractivity contribution in [3.8, 4) is 0 Å². The number of amides is 1. The lowest BCUT2D eigenvalue weighted by Gasteiger charge is -2.14. The number of carboxylic acid groups (broad SMARTS) is 1. The van der Waals surface area contributed by atoms with E-state index in [0.29, 0.717) is 6.54 Å². The van der Waals surface area contributed by atoms with Crippen LogP contribution >= 0.6 is 27.3 Å². The first-order valence-electron chi connectivity index (χ1n) is 5.56. The van der Waals surface area contributed by atoms with Crippen LogP contribution in [-0.4, -0.2) is 43.9 Å². The third-order valence-electron chi connectivity index (χ3n) is 2.42. The predicted molar refractivity (Wildman–Crippen MR) is 75.5 cm³/mol. The van der Waals surface area contributed by atoms with Crippen LogP contribution < -0.4 is 0 Å². The second-order valence-electron chi connectivity index (χ2n) is 4.09. The average molecular weight is 359 g/mol. The minimum atomic E-state index is -1.04. The topological polar surface area (TPSA) is 88.3 Å². The lowest BCUT2D eigenvalue weighted by atomic mass is 10.3. The van der Waals surface area contributed by atoms with E-state index >= 15 is 0 Å². The molecular weight excluding hydrogens is 348 g/mol. The molecule has 0 radical (unpaired) electrons. The average Bonchev–Trinajstić information content (AvgIpc) is 2.97. The molecule has 2 aromatic rings. The molecule has 2 aromatic heterocycles. The van der Waals surface area contributed by atoms with E-state index < -0.39 is 5.97 Å². The highest BCUT2D eigenvalue weighted by molar-refractivity contribution is 9.10. The summed E-state index contributed by atoms with van der Waals surface area (Å²) in [6.07, 6.45) is 1.33.